The van der Waals surface area contributed by atoms with Crippen LogP contribution in [-0.2, 0) is 4.79 Å². The molecular weight excluding hydrogens is 218 g/mol. The number of nitrogens with one attached hydrogen (secondary N) is 1. The number of carbonyl (C=O) groups is 2. The summed E-state index contributed by atoms with van der Waals surface area (Å²) in [5.41, 5.74) is 1.02. The summed E-state index contributed by atoms with van der Waals surface area (Å²) >= 11 is 0. The Morgan fingerprint density at radius 3 is 2.65 bits per heavy atom. The van der Waals surface area contributed by atoms with Gasteiger partial charge in [0.1, 0.15) is 0 Å². The Bertz CT molecular complexity index is 363. The van der Waals surface area contributed by atoms with Crippen LogP contribution in [0.2, 0.25) is 0 Å². The van der Waals surface area contributed by atoms with E-state index in [0.29, 0.717) is 19.0 Å². The minimum Gasteiger partial charge on any atom is -0.374 e. The zero-order valence-corrected chi connectivity index (χ0v) is 10.4. The van der Waals surface area contributed by atoms with Crippen molar-refractivity contribution in [3.05, 3.63) is 11.9 Å². The maximum Gasteiger partial charge on any atom is 0.328 e. The molecule has 2 heterocycles. The number of nitrogens with zero attached hydrogens (tertiary/aromatic N) is 2. The van der Waals surface area contributed by atoms with E-state index < -0.39 is 0 Å². The van der Waals surface area contributed by atoms with Gasteiger partial charge in [0.05, 0.1) is 0 Å². The van der Waals surface area contributed by atoms with Crippen LogP contribution >= 0.6 is 0 Å². The highest BCUT2D eigenvalue weighted by Gasteiger charge is 2.27. The van der Waals surface area contributed by atoms with Crippen LogP contribution in [0.4, 0.5) is 4.79 Å². The molecule has 2 aliphatic rings. The van der Waals surface area contributed by atoms with Crippen molar-refractivity contribution >= 4 is 11.9 Å². The lowest BCUT2D eigenvalue weighted by Gasteiger charge is -2.35. The van der Waals surface area contributed by atoms with Crippen molar-refractivity contribution in [1.29, 1.82) is 0 Å². The van der Waals surface area contributed by atoms with Gasteiger partial charge in [-0.3, -0.25) is 15.0 Å². The second kappa shape index (κ2) is 4.77. The molecule has 0 aromatic carbocycles. The molecule has 0 atom stereocenters. The molecule has 0 unspecified atom stereocenters. The second-order valence-electron chi connectivity index (χ2n) is 4.81. The van der Waals surface area contributed by atoms with Crippen LogP contribution < -0.4 is 5.32 Å². The molecule has 0 bridgehead atoms. The van der Waals surface area contributed by atoms with E-state index in [1.807, 2.05) is 0 Å². The van der Waals surface area contributed by atoms with Gasteiger partial charge < -0.3 is 4.90 Å². The average molecular weight is 237 g/mol. The largest absolute Gasteiger partial charge is 0.374 e. The van der Waals surface area contributed by atoms with Crippen molar-refractivity contribution in [1.82, 2.24) is 15.1 Å². The van der Waals surface area contributed by atoms with Gasteiger partial charge in [0, 0.05) is 37.4 Å². The zero-order valence-electron chi connectivity index (χ0n) is 10.4. The first-order valence-electron chi connectivity index (χ1n) is 6.15. The van der Waals surface area contributed by atoms with Crippen molar-refractivity contribution < 1.29 is 9.59 Å². The molecule has 0 aromatic heterocycles. The SMILES string of the molecule is CC(C)N1C=C(N2CCC(=O)NC2=O)CCC1. The molecular formula is C12H19N3O2. The predicted octanol–water partition coefficient (Wildman–Crippen LogP) is 1.27. The molecule has 0 spiro atoms. The highest BCUT2D eigenvalue weighted by Crippen LogP contribution is 2.21. The van der Waals surface area contributed by atoms with Gasteiger partial charge in [-0.15, -0.1) is 0 Å². The van der Waals surface area contributed by atoms with Crippen LogP contribution in [0.3, 0.4) is 0 Å². The van der Waals surface area contributed by atoms with Gasteiger partial charge in [-0.1, -0.05) is 0 Å². The first kappa shape index (κ1) is 12.0. The third-order valence-electron chi connectivity index (χ3n) is 3.23. The Balaban J connectivity index is 2.11. The van der Waals surface area contributed by atoms with Crippen LogP contribution in [0.1, 0.15) is 33.1 Å². The Labute approximate surface area is 101 Å². The van der Waals surface area contributed by atoms with Gasteiger partial charge in [-0.2, -0.15) is 0 Å². The summed E-state index contributed by atoms with van der Waals surface area (Å²) in [6.07, 6.45) is 4.42. The lowest BCUT2D eigenvalue weighted by molar-refractivity contribution is -0.121. The van der Waals surface area contributed by atoms with E-state index in [0.717, 1.165) is 25.1 Å². The fraction of sp³-hybridized carbons (Fsp3) is 0.667. The molecule has 94 valence electrons. The lowest BCUT2D eigenvalue weighted by atomic mass is 10.1. The monoisotopic (exact) mass is 237 g/mol. The van der Waals surface area contributed by atoms with Gasteiger partial charge in [0.2, 0.25) is 5.91 Å². The van der Waals surface area contributed by atoms with Gasteiger partial charge in [0.25, 0.3) is 0 Å². The molecule has 3 amide bonds. The number of rotatable bonds is 2. The second-order valence-corrected chi connectivity index (χ2v) is 4.81. The number of hydrogen-bond donors (Lipinski definition) is 1. The van der Waals surface area contributed by atoms with E-state index in [4.69, 9.17) is 0 Å². The summed E-state index contributed by atoms with van der Waals surface area (Å²) in [7, 11) is 0. The minimum atomic E-state index is -0.280. The van der Waals surface area contributed by atoms with Crippen LogP contribution in [-0.4, -0.2) is 40.9 Å². The third kappa shape index (κ3) is 2.60. The van der Waals surface area contributed by atoms with Gasteiger partial charge in [0.15, 0.2) is 0 Å². The van der Waals surface area contributed by atoms with E-state index in [-0.39, 0.29) is 11.9 Å². The topological polar surface area (TPSA) is 52.6 Å². The summed E-state index contributed by atoms with van der Waals surface area (Å²) in [5.74, 6) is -0.177. The summed E-state index contributed by atoms with van der Waals surface area (Å²) in [6, 6.07) is 0.165. The van der Waals surface area contributed by atoms with Crippen molar-refractivity contribution in [2.24, 2.45) is 0 Å². The number of carbonyl (C=O) groups excluding carboxylic acids is 2. The van der Waals surface area contributed by atoms with Crippen LogP contribution in [0.25, 0.3) is 0 Å². The van der Waals surface area contributed by atoms with E-state index in [2.05, 4.69) is 30.3 Å². The number of urea groups is 1. The summed E-state index contributed by atoms with van der Waals surface area (Å²) in [4.78, 5) is 26.7. The molecule has 2 rings (SSSR count). The molecule has 0 aliphatic carbocycles. The Morgan fingerprint density at radius 2 is 2.00 bits per heavy atom. The quantitative estimate of drug-likeness (QED) is 0.787. The Morgan fingerprint density at radius 1 is 1.24 bits per heavy atom. The lowest BCUT2D eigenvalue weighted by Crippen LogP contribution is -2.49. The van der Waals surface area contributed by atoms with E-state index >= 15 is 0 Å². The molecule has 1 fully saturated rings. The Kier molecular flexibility index (Phi) is 3.36. The van der Waals surface area contributed by atoms with Crippen molar-refractivity contribution in [2.75, 3.05) is 13.1 Å². The molecule has 1 saturated heterocycles. The number of imide groups is 1. The zero-order chi connectivity index (χ0) is 12.4. The fourth-order valence-corrected chi connectivity index (χ4v) is 2.21. The van der Waals surface area contributed by atoms with Gasteiger partial charge in [-0.05, 0) is 26.7 Å². The molecule has 5 nitrogen and oxygen atoms in total. The van der Waals surface area contributed by atoms with E-state index in [9.17, 15) is 9.59 Å². The molecule has 2 aliphatic heterocycles. The van der Waals surface area contributed by atoms with Crippen LogP contribution in [0, 0.1) is 0 Å². The van der Waals surface area contributed by atoms with E-state index in [1.165, 1.54) is 0 Å². The summed E-state index contributed by atoms with van der Waals surface area (Å²) < 4.78 is 0. The fourth-order valence-electron chi connectivity index (χ4n) is 2.21. The van der Waals surface area contributed by atoms with Gasteiger partial charge in [-0.25, -0.2) is 4.79 Å². The van der Waals surface area contributed by atoms with Crippen LogP contribution in [0.5, 0.6) is 0 Å². The third-order valence-corrected chi connectivity index (χ3v) is 3.23. The van der Waals surface area contributed by atoms with Crippen molar-refractivity contribution in [3.8, 4) is 0 Å². The predicted molar refractivity (Wildman–Crippen MR) is 64.0 cm³/mol. The average Bonchev–Trinajstić information content (AvgIpc) is 2.29. The van der Waals surface area contributed by atoms with Crippen molar-refractivity contribution in [3.63, 3.8) is 0 Å². The smallest absolute Gasteiger partial charge is 0.328 e. The first-order valence-corrected chi connectivity index (χ1v) is 6.15. The van der Waals surface area contributed by atoms with Crippen LogP contribution in [0.15, 0.2) is 11.9 Å². The Hall–Kier alpha value is -1.52. The standard InChI is InChI=1S/C12H19N3O2/c1-9(2)14-6-3-4-10(8-14)15-7-5-11(16)13-12(15)17/h8-9H,3-7H2,1-2H3,(H,13,16,17). The number of hydrogen-bond acceptors (Lipinski definition) is 3. The normalized spacial score (nSPS) is 21.7. The summed E-state index contributed by atoms with van der Waals surface area (Å²) in [5, 5.41) is 2.36. The van der Waals surface area contributed by atoms with Crippen molar-refractivity contribution in [2.45, 2.75) is 39.2 Å². The molecule has 5 heteroatoms. The first-order chi connectivity index (χ1) is 8.08. The maximum absolute atomic E-state index is 11.7. The molecule has 0 aromatic rings. The number of amides is 3. The van der Waals surface area contributed by atoms with Gasteiger partial charge >= 0.3 is 6.03 Å². The molecule has 0 saturated carbocycles. The molecule has 1 N–H and O–H groups in total. The van der Waals surface area contributed by atoms with E-state index in [1.54, 1.807) is 4.90 Å². The highest BCUT2D eigenvalue weighted by molar-refractivity contribution is 5.97. The molecule has 17 heavy (non-hydrogen) atoms. The summed E-state index contributed by atoms with van der Waals surface area (Å²) in [6.45, 7) is 5.82. The highest BCUT2D eigenvalue weighted by atomic mass is 16.2. The molecule has 0 radical (unpaired) electrons. The minimum absolute atomic E-state index is 0.177. The number of allylic oxidation sites excluding steroid dienone is 1. The maximum atomic E-state index is 11.7.